The molecule has 0 amide bonds. The number of hydrogen-bond acceptors (Lipinski definition) is 1. The van der Waals surface area contributed by atoms with Crippen LogP contribution in [0.1, 0.15) is 54.6 Å². The Morgan fingerprint density at radius 1 is 1.24 bits per heavy atom. The summed E-state index contributed by atoms with van der Waals surface area (Å²) in [6, 6.07) is 3.96. The fraction of sp³-hybridized carbons (Fsp3) is 0.533. The number of aryl methyl sites for hydroxylation is 2. The standard InChI is InChI=1S/C15H21BrO/c1-10(2)6-5-7-14(17)13-8-11(3)15(16)12(4)9-13/h8-10H,5-7H2,1-4H3. The molecule has 0 N–H and O–H groups in total. The van der Waals surface area contributed by atoms with Crippen molar-refractivity contribution < 1.29 is 4.79 Å². The van der Waals surface area contributed by atoms with Crippen LogP contribution < -0.4 is 0 Å². The second-order valence-electron chi connectivity index (χ2n) is 5.13. The van der Waals surface area contributed by atoms with Gasteiger partial charge in [0.05, 0.1) is 0 Å². The SMILES string of the molecule is Cc1cc(C(=O)CCCC(C)C)cc(C)c1Br. The van der Waals surface area contributed by atoms with Crippen LogP contribution in [0.15, 0.2) is 16.6 Å². The van der Waals surface area contributed by atoms with Crippen LogP contribution in [0, 0.1) is 19.8 Å². The van der Waals surface area contributed by atoms with E-state index in [2.05, 4.69) is 29.8 Å². The molecule has 0 aliphatic heterocycles. The Bertz CT molecular complexity index is 384. The van der Waals surface area contributed by atoms with Gasteiger partial charge < -0.3 is 0 Å². The van der Waals surface area contributed by atoms with Crippen molar-refractivity contribution in [2.24, 2.45) is 5.92 Å². The van der Waals surface area contributed by atoms with E-state index < -0.39 is 0 Å². The van der Waals surface area contributed by atoms with Crippen LogP contribution in [0.3, 0.4) is 0 Å². The summed E-state index contributed by atoms with van der Waals surface area (Å²) >= 11 is 3.52. The van der Waals surface area contributed by atoms with Gasteiger partial charge in [-0.3, -0.25) is 4.79 Å². The first-order chi connectivity index (χ1) is 7.91. The van der Waals surface area contributed by atoms with Crippen molar-refractivity contribution in [1.82, 2.24) is 0 Å². The van der Waals surface area contributed by atoms with Crippen LogP contribution in [-0.4, -0.2) is 5.78 Å². The molecule has 0 heterocycles. The molecule has 1 rings (SSSR count). The van der Waals surface area contributed by atoms with Gasteiger partial charge in [0.15, 0.2) is 5.78 Å². The molecular formula is C15H21BrO. The summed E-state index contributed by atoms with van der Waals surface area (Å²) in [4.78, 5) is 12.0. The van der Waals surface area contributed by atoms with E-state index >= 15 is 0 Å². The Balaban J connectivity index is 2.70. The number of ketones is 1. The van der Waals surface area contributed by atoms with Crippen LogP contribution in [0.25, 0.3) is 0 Å². The van der Waals surface area contributed by atoms with E-state index in [1.54, 1.807) is 0 Å². The number of hydrogen-bond donors (Lipinski definition) is 0. The Morgan fingerprint density at radius 3 is 2.24 bits per heavy atom. The summed E-state index contributed by atoms with van der Waals surface area (Å²) in [5.41, 5.74) is 3.13. The molecule has 0 saturated heterocycles. The van der Waals surface area contributed by atoms with Gasteiger partial charge in [0, 0.05) is 16.5 Å². The molecule has 2 heteroatoms. The first-order valence-corrected chi connectivity index (χ1v) is 7.01. The topological polar surface area (TPSA) is 17.1 Å². The quantitative estimate of drug-likeness (QED) is 0.693. The van der Waals surface area contributed by atoms with Gasteiger partial charge in [-0.2, -0.15) is 0 Å². The minimum atomic E-state index is 0.268. The third-order valence-corrected chi connectivity index (χ3v) is 4.19. The normalized spacial score (nSPS) is 10.9. The van der Waals surface area contributed by atoms with E-state index in [9.17, 15) is 4.79 Å². The highest BCUT2D eigenvalue weighted by Gasteiger charge is 2.09. The lowest BCUT2D eigenvalue weighted by Gasteiger charge is -2.08. The Hall–Kier alpha value is -0.630. The molecular weight excluding hydrogens is 276 g/mol. The number of benzene rings is 1. The first kappa shape index (κ1) is 14.4. The van der Waals surface area contributed by atoms with Crippen molar-refractivity contribution in [3.63, 3.8) is 0 Å². The maximum Gasteiger partial charge on any atom is 0.162 e. The summed E-state index contributed by atoms with van der Waals surface area (Å²) in [7, 11) is 0. The van der Waals surface area contributed by atoms with Crippen LogP contribution in [0.4, 0.5) is 0 Å². The molecule has 0 bridgehead atoms. The molecule has 0 aliphatic rings. The monoisotopic (exact) mass is 296 g/mol. The second-order valence-corrected chi connectivity index (χ2v) is 5.93. The molecule has 0 fully saturated rings. The second kappa shape index (κ2) is 6.34. The van der Waals surface area contributed by atoms with Gasteiger partial charge in [-0.15, -0.1) is 0 Å². The van der Waals surface area contributed by atoms with Crippen molar-refractivity contribution in [3.8, 4) is 0 Å². The number of carbonyl (C=O) groups is 1. The molecule has 1 aromatic rings. The summed E-state index contributed by atoms with van der Waals surface area (Å²) in [6.07, 6.45) is 2.78. The largest absolute Gasteiger partial charge is 0.294 e. The van der Waals surface area contributed by atoms with Gasteiger partial charge in [-0.05, 0) is 49.4 Å². The first-order valence-electron chi connectivity index (χ1n) is 6.21. The average Bonchev–Trinajstić information content (AvgIpc) is 2.24. The maximum atomic E-state index is 12.0. The molecule has 17 heavy (non-hydrogen) atoms. The molecule has 94 valence electrons. The highest BCUT2D eigenvalue weighted by Crippen LogP contribution is 2.23. The van der Waals surface area contributed by atoms with E-state index in [0.29, 0.717) is 12.3 Å². The van der Waals surface area contributed by atoms with Gasteiger partial charge in [0.1, 0.15) is 0 Å². The van der Waals surface area contributed by atoms with Gasteiger partial charge in [0.25, 0.3) is 0 Å². The highest BCUT2D eigenvalue weighted by atomic mass is 79.9. The average molecular weight is 297 g/mol. The van der Waals surface area contributed by atoms with Gasteiger partial charge in [0.2, 0.25) is 0 Å². The molecule has 1 aromatic carbocycles. The number of rotatable bonds is 5. The van der Waals surface area contributed by atoms with E-state index in [4.69, 9.17) is 0 Å². The lowest BCUT2D eigenvalue weighted by atomic mass is 9.99. The molecule has 0 unspecified atom stereocenters. The van der Waals surface area contributed by atoms with E-state index in [-0.39, 0.29) is 5.78 Å². The Labute approximate surface area is 113 Å². The fourth-order valence-electron chi connectivity index (χ4n) is 1.92. The minimum Gasteiger partial charge on any atom is -0.294 e. The molecule has 0 radical (unpaired) electrons. The zero-order chi connectivity index (χ0) is 13.0. The third kappa shape index (κ3) is 4.27. The zero-order valence-electron chi connectivity index (χ0n) is 11.1. The Morgan fingerprint density at radius 2 is 1.76 bits per heavy atom. The number of Topliss-reactive ketones (excluding diaryl/α,β-unsaturated/α-hetero) is 1. The van der Waals surface area contributed by atoms with E-state index in [0.717, 1.165) is 34.0 Å². The van der Waals surface area contributed by atoms with Crippen LogP contribution in [0.5, 0.6) is 0 Å². The summed E-state index contributed by atoms with van der Waals surface area (Å²) < 4.78 is 1.11. The summed E-state index contributed by atoms with van der Waals surface area (Å²) in [5.74, 6) is 0.945. The van der Waals surface area contributed by atoms with Crippen LogP contribution >= 0.6 is 15.9 Å². The minimum absolute atomic E-state index is 0.268. The van der Waals surface area contributed by atoms with E-state index in [1.807, 2.05) is 26.0 Å². The highest BCUT2D eigenvalue weighted by molar-refractivity contribution is 9.10. The summed E-state index contributed by atoms with van der Waals surface area (Å²) in [5, 5.41) is 0. The van der Waals surface area contributed by atoms with Crippen molar-refractivity contribution >= 4 is 21.7 Å². The third-order valence-electron chi connectivity index (χ3n) is 2.94. The smallest absolute Gasteiger partial charge is 0.162 e. The zero-order valence-corrected chi connectivity index (χ0v) is 12.7. The fourth-order valence-corrected chi connectivity index (χ4v) is 2.15. The lowest BCUT2D eigenvalue weighted by Crippen LogP contribution is -2.01. The predicted molar refractivity (Wildman–Crippen MR) is 76.6 cm³/mol. The summed E-state index contributed by atoms with van der Waals surface area (Å²) in [6.45, 7) is 8.45. The molecule has 0 saturated carbocycles. The van der Waals surface area contributed by atoms with Crippen molar-refractivity contribution in [3.05, 3.63) is 33.3 Å². The van der Waals surface area contributed by atoms with Crippen LogP contribution in [0.2, 0.25) is 0 Å². The predicted octanol–water partition coefficient (Wildman–Crippen LogP) is 5.07. The maximum absolute atomic E-state index is 12.0. The molecule has 0 aromatic heterocycles. The van der Waals surface area contributed by atoms with Crippen molar-refractivity contribution in [2.45, 2.75) is 47.0 Å². The van der Waals surface area contributed by atoms with Gasteiger partial charge >= 0.3 is 0 Å². The Kier molecular flexibility index (Phi) is 5.38. The number of carbonyl (C=O) groups excluding carboxylic acids is 1. The molecule has 0 atom stereocenters. The molecule has 1 nitrogen and oxygen atoms in total. The van der Waals surface area contributed by atoms with Crippen molar-refractivity contribution in [2.75, 3.05) is 0 Å². The van der Waals surface area contributed by atoms with Crippen LogP contribution in [-0.2, 0) is 0 Å². The lowest BCUT2D eigenvalue weighted by molar-refractivity contribution is 0.0978. The van der Waals surface area contributed by atoms with Gasteiger partial charge in [-0.25, -0.2) is 0 Å². The van der Waals surface area contributed by atoms with E-state index in [1.165, 1.54) is 0 Å². The number of halogens is 1. The van der Waals surface area contributed by atoms with Gasteiger partial charge in [-0.1, -0.05) is 36.2 Å². The molecule has 0 spiro atoms. The molecule has 0 aliphatic carbocycles. The van der Waals surface area contributed by atoms with Crippen molar-refractivity contribution in [1.29, 1.82) is 0 Å².